The molecule has 7 heteroatoms. The Bertz CT molecular complexity index is 924. The number of piperidine rings is 1. The first-order valence-corrected chi connectivity index (χ1v) is 12.3. The molecule has 2 N–H and O–H groups in total. The standard InChI is InChI=1S/C27H37N3O4/c1-32-24-16-19(17-25(33-2)26(24)34-3)18-28-21-12-14-30(15-13-21)23-10-8-20(9-11-23)27(31)29-22-6-4-5-7-22/h8-11,16-17,21-22,28H,4-7,12-15,18H2,1-3H3,(H,29,31). The van der Waals surface area contributed by atoms with Gasteiger partial charge in [0.25, 0.3) is 5.91 Å². The van der Waals surface area contributed by atoms with Crippen LogP contribution in [0.5, 0.6) is 17.2 Å². The Labute approximate surface area is 202 Å². The lowest BCUT2D eigenvalue weighted by Gasteiger charge is -2.34. The number of anilines is 1. The number of hydrogen-bond donors (Lipinski definition) is 2. The van der Waals surface area contributed by atoms with Crippen molar-refractivity contribution in [1.82, 2.24) is 10.6 Å². The summed E-state index contributed by atoms with van der Waals surface area (Å²) in [4.78, 5) is 14.9. The molecule has 0 aromatic heterocycles. The van der Waals surface area contributed by atoms with Crippen LogP contribution >= 0.6 is 0 Å². The Kier molecular flexibility index (Phi) is 8.16. The van der Waals surface area contributed by atoms with Gasteiger partial charge in [-0.05, 0) is 67.6 Å². The highest BCUT2D eigenvalue weighted by Gasteiger charge is 2.21. The van der Waals surface area contributed by atoms with E-state index in [0.29, 0.717) is 29.3 Å². The first kappa shape index (κ1) is 24.2. The average molecular weight is 468 g/mol. The number of carbonyl (C=O) groups is 1. The summed E-state index contributed by atoms with van der Waals surface area (Å²) in [6.07, 6.45) is 6.77. The highest BCUT2D eigenvalue weighted by molar-refractivity contribution is 5.94. The van der Waals surface area contributed by atoms with Crippen molar-refractivity contribution in [3.63, 3.8) is 0 Å². The summed E-state index contributed by atoms with van der Waals surface area (Å²) in [5, 5.41) is 6.84. The van der Waals surface area contributed by atoms with Crippen LogP contribution in [-0.2, 0) is 6.54 Å². The van der Waals surface area contributed by atoms with E-state index in [1.807, 2.05) is 24.3 Å². The Morgan fingerprint density at radius 1 is 0.882 bits per heavy atom. The molecule has 1 amide bonds. The summed E-state index contributed by atoms with van der Waals surface area (Å²) < 4.78 is 16.3. The number of nitrogens with one attached hydrogen (secondary N) is 2. The van der Waals surface area contributed by atoms with Crippen LogP contribution in [0.2, 0.25) is 0 Å². The Morgan fingerprint density at radius 3 is 2.06 bits per heavy atom. The van der Waals surface area contributed by atoms with Crippen LogP contribution in [0.25, 0.3) is 0 Å². The number of amides is 1. The largest absolute Gasteiger partial charge is 0.493 e. The SMILES string of the molecule is COc1cc(CNC2CCN(c3ccc(C(=O)NC4CCCC4)cc3)CC2)cc(OC)c1OC. The number of nitrogens with zero attached hydrogens (tertiary/aromatic N) is 1. The minimum atomic E-state index is 0.0492. The predicted octanol–water partition coefficient (Wildman–Crippen LogP) is 4.14. The second-order valence-corrected chi connectivity index (χ2v) is 9.18. The lowest BCUT2D eigenvalue weighted by Crippen LogP contribution is -2.42. The van der Waals surface area contributed by atoms with Gasteiger partial charge < -0.3 is 29.7 Å². The number of carbonyl (C=O) groups excluding carboxylic acids is 1. The van der Waals surface area contributed by atoms with Crippen LogP contribution in [0, 0.1) is 0 Å². The van der Waals surface area contributed by atoms with Gasteiger partial charge in [0.1, 0.15) is 0 Å². The summed E-state index contributed by atoms with van der Waals surface area (Å²) in [6, 6.07) is 12.8. The molecule has 1 aliphatic carbocycles. The van der Waals surface area contributed by atoms with E-state index in [0.717, 1.165) is 56.4 Å². The number of methoxy groups -OCH3 is 3. The van der Waals surface area contributed by atoms with E-state index in [-0.39, 0.29) is 5.91 Å². The van der Waals surface area contributed by atoms with Gasteiger partial charge in [0.15, 0.2) is 11.5 Å². The quantitative estimate of drug-likeness (QED) is 0.578. The Hall–Kier alpha value is -2.93. The molecule has 1 aliphatic heterocycles. The third-order valence-corrected chi connectivity index (χ3v) is 7.00. The fourth-order valence-corrected chi connectivity index (χ4v) is 5.00. The molecule has 1 saturated heterocycles. The summed E-state index contributed by atoms with van der Waals surface area (Å²) in [6.45, 7) is 2.72. The van der Waals surface area contributed by atoms with Crippen molar-refractivity contribution in [2.24, 2.45) is 0 Å². The molecule has 184 valence electrons. The smallest absolute Gasteiger partial charge is 0.251 e. The Balaban J connectivity index is 1.27. The summed E-state index contributed by atoms with van der Waals surface area (Å²) in [7, 11) is 4.89. The van der Waals surface area contributed by atoms with Gasteiger partial charge >= 0.3 is 0 Å². The van der Waals surface area contributed by atoms with Crippen LogP contribution in [0.3, 0.4) is 0 Å². The first-order chi connectivity index (χ1) is 16.6. The molecule has 1 heterocycles. The molecule has 34 heavy (non-hydrogen) atoms. The predicted molar refractivity (Wildman–Crippen MR) is 134 cm³/mol. The summed E-state index contributed by atoms with van der Waals surface area (Å²) in [5.74, 6) is 2.01. The number of hydrogen-bond acceptors (Lipinski definition) is 6. The molecule has 4 rings (SSSR count). The highest BCUT2D eigenvalue weighted by Crippen LogP contribution is 2.38. The summed E-state index contributed by atoms with van der Waals surface area (Å²) >= 11 is 0. The van der Waals surface area contributed by atoms with Crippen LogP contribution in [-0.4, -0.2) is 52.4 Å². The zero-order chi connectivity index (χ0) is 23.9. The molecule has 0 atom stereocenters. The van der Waals surface area contributed by atoms with E-state index in [9.17, 15) is 4.79 Å². The zero-order valence-corrected chi connectivity index (χ0v) is 20.6. The van der Waals surface area contributed by atoms with E-state index in [1.165, 1.54) is 18.5 Å². The number of ether oxygens (including phenoxy) is 3. The molecular weight excluding hydrogens is 430 g/mol. The second kappa shape index (κ2) is 11.5. The summed E-state index contributed by atoms with van der Waals surface area (Å²) in [5.41, 5.74) is 3.03. The van der Waals surface area contributed by atoms with E-state index in [2.05, 4.69) is 27.7 Å². The zero-order valence-electron chi connectivity index (χ0n) is 20.6. The number of rotatable bonds is 9. The Morgan fingerprint density at radius 2 is 1.50 bits per heavy atom. The van der Waals surface area contributed by atoms with Gasteiger partial charge in [-0.3, -0.25) is 4.79 Å². The van der Waals surface area contributed by atoms with Crippen molar-refractivity contribution >= 4 is 11.6 Å². The van der Waals surface area contributed by atoms with Gasteiger partial charge in [-0.15, -0.1) is 0 Å². The fraction of sp³-hybridized carbons (Fsp3) is 0.519. The molecule has 0 spiro atoms. The van der Waals surface area contributed by atoms with Crippen molar-refractivity contribution in [3.05, 3.63) is 47.5 Å². The van der Waals surface area contributed by atoms with Gasteiger partial charge in [-0.1, -0.05) is 12.8 Å². The van der Waals surface area contributed by atoms with Crippen molar-refractivity contribution in [3.8, 4) is 17.2 Å². The van der Waals surface area contributed by atoms with Crippen molar-refractivity contribution in [2.45, 2.75) is 57.2 Å². The molecule has 0 radical (unpaired) electrons. The molecule has 0 bridgehead atoms. The van der Waals surface area contributed by atoms with E-state index in [1.54, 1.807) is 21.3 Å². The minimum absolute atomic E-state index is 0.0492. The second-order valence-electron chi connectivity index (χ2n) is 9.18. The molecule has 2 aromatic rings. The molecule has 0 unspecified atom stereocenters. The van der Waals surface area contributed by atoms with Crippen LogP contribution in [0.1, 0.15) is 54.4 Å². The number of benzene rings is 2. The third-order valence-electron chi connectivity index (χ3n) is 7.00. The molecular formula is C27H37N3O4. The molecule has 2 aliphatic rings. The molecule has 7 nitrogen and oxygen atoms in total. The van der Waals surface area contributed by atoms with Gasteiger partial charge in [0, 0.05) is 43.0 Å². The fourth-order valence-electron chi connectivity index (χ4n) is 5.00. The normalized spacial score (nSPS) is 17.0. The first-order valence-electron chi connectivity index (χ1n) is 12.3. The minimum Gasteiger partial charge on any atom is -0.493 e. The maximum Gasteiger partial charge on any atom is 0.251 e. The average Bonchev–Trinajstić information content (AvgIpc) is 3.40. The molecule has 2 aromatic carbocycles. The maximum absolute atomic E-state index is 12.5. The van der Waals surface area contributed by atoms with Gasteiger partial charge in [0.05, 0.1) is 21.3 Å². The van der Waals surface area contributed by atoms with E-state index >= 15 is 0 Å². The van der Waals surface area contributed by atoms with Crippen LogP contribution in [0.15, 0.2) is 36.4 Å². The van der Waals surface area contributed by atoms with Crippen molar-refractivity contribution in [1.29, 1.82) is 0 Å². The van der Waals surface area contributed by atoms with Gasteiger partial charge in [-0.2, -0.15) is 0 Å². The van der Waals surface area contributed by atoms with Gasteiger partial charge in [-0.25, -0.2) is 0 Å². The molecule has 2 fully saturated rings. The topological polar surface area (TPSA) is 72.1 Å². The lowest BCUT2D eigenvalue weighted by molar-refractivity contribution is 0.0938. The van der Waals surface area contributed by atoms with Crippen LogP contribution in [0.4, 0.5) is 5.69 Å². The van der Waals surface area contributed by atoms with Crippen LogP contribution < -0.4 is 29.7 Å². The van der Waals surface area contributed by atoms with Gasteiger partial charge in [0.2, 0.25) is 5.75 Å². The lowest BCUT2D eigenvalue weighted by atomic mass is 10.0. The third kappa shape index (κ3) is 5.76. The monoisotopic (exact) mass is 467 g/mol. The van der Waals surface area contributed by atoms with Crippen molar-refractivity contribution in [2.75, 3.05) is 39.3 Å². The highest BCUT2D eigenvalue weighted by atomic mass is 16.5. The van der Waals surface area contributed by atoms with E-state index in [4.69, 9.17) is 14.2 Å². The maximum atomic E-state index is 12.5. The van der Waals surface area contributed by atoms with E-state index < -0.39 is 0 Å². The van der Waals surface area contributed by atoms with Crippen molar-refractivity contribution < 1.29 is 19.0 Å². The molecule has 1 saturated carbocycles.